The Bertz CT molecular complexity index is 498. The molecule has 0 unspecified atom stereocenters. The van der Waals surface area contributed by atoms with E-state index in [9.17, 15) is 9.59 Å². The number of esters is 1. The maximum absolute atomic E-state index is 11.9. The first-order valence-electron chi connectivity index (χ1n) is 6.61. The van der Waals surface area contributed by atoms with E-state index in [0.29, 0.717) is 5.56 Å². The van der Waals surface area contributed by atoms with Gasteiger partial charge in [0, 0.05) is 11.7 Å². The van der Waals surface area contributed by atoms with Gasteiger partial charge in [0.2, 0.25) is 5.91 Å². The molecule has 0 spiro atoms. The van der Waals surface area contributed by atoms with E-state index in [1.807, 2.05) is 26.8 Å². The fourth-order valence-corrected chi connectivity index (χ4v) is 1.73. The minimum absolute atomic E-state index is 0.0807. The number of benzene rings is 1. The second-order valence-corrected chi connectivity index (χ2v) is 5.05. The van der Waals surface area contributed by atoms with Gasteiger partial charge < -0.3 is 15.4 Å². The normalized spacial score (nSPS) is 11.9. The molecule has 0 aliphatic heterocycles. The Labute approximate surface area is 119 Å². The molecule has 0 fully saturated rings. The predicted molar refractivity (Wildman–Crippen MR) is 78.9 cm³/mol. The molecule has 2 N–H and O–H groups in total. The highest BCUT2D eigenvalue weighted by atomic mass is 16.5. The Kier molecular flexibility index (Phi) is 5.55. The van der Waals surface area contributed by atoms with Crippen molar-refractivity contribution in [1.29, 1.82) is 0 Å². The molecule has 1 aromatic rings. The van der Waals surface area contributed by atoms with Crippen molar-refractivity contribution in [3.05, 3.63) is 29.3 Å². The molecule has 1 aromatic carbocycles. The molecule has 1 amide bonds. The fourth-order valence-electron chi connectivity index (χ4n) is 1.73. The van der Waals surface area contributed by atoms with E-state index in [4.69, 9.17) is 4.74 Å². The number of rotatable bonds is 5. The van der Waals surface area contributed by atoms with E-state index < -0.39 is 5.97 Å². The van der Waals surface area contributed by atoms with Gasteiger partial charge >= 0.3 is 5.97 Å². The van der Waals surface area contributed by atoms with Crippen molar-refractivity contribution in [3.8, 4) is 0 Å². The van der Waals surface area contributed by atoms with Crippen LogP contribution in [0.4, 0.5) is 5.69 Å². The number of hydrogen-bond acceptors (Lipinski definition) is 4. The van der Waals surface area contributed by atoms with Crippen LogP contribution in [0.5, 0.6) is 0 Å². The molecule has 5 nitrogen and oxygen atoms in total. The lowest BCUT2D eigenvalue weighted by Crippen LogP contribution is -2.41. The maximum atomic E-state index is 11.9. The molecule has 0 saturated carbocycles. The van der Waals surface area contributed by atoms with Gasteiger partial charge in [-0.1, -0.05) is 6.07 Å². The number of nitrogens with one attached hydrogen (secondary N) is 2. The van der Waals surface area contributed by atoms with E-state index in [0.717, 1.165) is 11.3 Å². The van der Waals surface area contributed by atoms with Crippen molar-refractivity contribution in [1.82, 2.24) is 5.32 Å². The summed E-state index contributed by atoms with van der Waals surface area (Å²) < 4.78 is 4.69. The van der Waals surface area contributed by atoms with E-state index in [-0.39, 0.29) is 18.0 Å². The number of ether oxygens (including phenoxy) is 1. The average molecular weight is 278 g/mol. The Morgan fingerprint density at radius 3 is 2.40 bits per heavy atom. The van der Waals surface area contributed by atoms with Gasteiger partial charge in [0.15, 0.2) is 0 Å². The molecule has 1 rings (SSSR count). The zero-order valence-electron chi connectivity index (χ0n) is 12.6. The monoisotopic (exact) mass is 278 g/mol. The number of hydrogen-bond donors (Lipinski definition) is 2. The highest BCUT2D eigenvalue weighted by molar-refractivity contribution is 5.91. The lowest BCUT2D eigenvalue weighted by molar-refractivity contribution is -0.122. The summed E-state index contributed by atoms with van der Waals surface area (Å²) in [6.45, 7) is 7.51. The summed E-state index contributed by atoms with van der Waals surface area (Å²) in [7, 11) is 1.34. The molecule has 110 valence electrons. The van der Waals surface area contributed by atoms with Gasteiger partial charge in [-0.25, -0.2) is 4.79 Å². The van der Waals surface area contributed by atoms with E-state index in [1.54, 1.807) is 19.1 Å². The summed E-state index contributed by atoms with van der Waals surface area (Å²) in [6, 6.07) is 4.92. The minimum Gasteiger partial charge on any atom is -0.465 e. The van der Waals surface area contributed by atoms with Crippen LogP contribution in [0.1, 0.15) is 36.7 Å². The van der Waals surface area contributed by atoms with Gasteiger partial charge in [0.25, 0.3) is 0 Å². The number of carbonyl (C=O) groups excluding carboxylic acids is 2. The van der Waals surface area contributed by atoms with Crippen LogP contribution in [0.25, 0.3) is 0 Å². The van der Waals surface area contributed by atoms with E-state index in [2.05, 4.69) is 10.6 Å². The molecule has 0 aromatic heterocycles. The molecular weight excluding hydrogens is 256 g/mol. The lowest BCUT2D eigenvalue weighted by atomic mass is 10.1. The van der Waals surface area contributed by atoms with Crippen molar-refractivity contribution in [2.75, 3.05) is 12.4 Å². The van der Waals surface area contributed by atoms with Crippen LogP contribution in [-0.4, -0.2) is 31.1 Å². The second-order valence-electron chi connectivity index (χ2n) is 5.05. The van der Waals surface area contributed by atoms with Gasteiger partial charge in [-0.05, 0) is 45.4 Å². The zero-order chi connectivity index (χ0) is 15.3. The third kappa shape index (κ3) is 4.26. The highest BCUT2D eigenvalue weighted by Crippen LogP contribution is 2.18. The summed E-state index contributed by atoms with van der Waals surface area (Å²) in [5, 5.41) is 5.95. The van der Waals surface area contributed by atoms with Crippen LogP contribution in [0.15, 0.2) is 18.2 Å². The molecular formula is C15H22N2O3. The van der Waals surface area contributed by atoms with E-state index in [1.165, 1.54) is 7.11 Å². The second kappa shape index (κ2) is 6.93. The summed E-state index contributed by atoms with van der Waals surface area (Å²) in [4.78, 5) is 23.4. The molecule has 0 aliphatic carbocycles. The molecule has 0 aliphatic rings. The van der Waals surface area contributed by atoms with Crippen molar-refractivity contribution in [2.45, 2.75) is 39.8 Å². The Morgan fingerprint density at radius 2 is 1.85 bits per heavy atom. The van der Waals surface area contributed by atoms with Crippen LogP contribution in [0.2, 0.25) is 0 Å². The first-order valence-corrected chi connectivity index (χ1v) is 6.61. The Morgan fingerprint density at radius 1 is 1.20 bits per heavy atom. The number of methoxy groups -OCH3 is 1. The highest BCUT2D eigenvalue weighted by Gasteiger charge is 2.15. The molecule has 0 radical (unpaired) electrons. The number of amides is 1. The van der Waals surface area contributed by atoms with Crippen LogP contribution >= 0.6 is 0 Å². The van der Waals surface area contributed by atoms with Crippen LogP contribution in [-0.2, 0) is 9.53 Å². The summed E-state index contributed by atoms with van der Waals surface area (Å²) in [6.07, 6.45) is 0. The Hall–Kier alpha value is -2.04. The van der Waals surface area contributed by atoms with Gasteiger partial charge in [0.1, 0.15) is 6.04 Å². The quantitative estimate of drug-likeness (QED) is 0.809. The van der Waals surface area contributed by atoms with Gasteiger partial charge in [0.05, 0.1) is 12.7 Å². The third-order valence-electron chi connectivity index (χ3n) is 2.85. The standard InChI is InChI=1S/C15H22N2O3/c1-9(2)16-14(18)11(4)17-13-8-12(15(19)20-5)7-6-10(13)3/h6-9,11,17H,1-5H3,(H,16,18)/t11-/m1/s1. The summed E-state index contributed by atoms with van der Waals surface area (Å²) in [5.74, 6) is -0.477. The molecule has 5 heteroatoms. The van der Waals surface area contributed by atoms with Crippen LogP contribution in [0.3, 0.4) is 0 Å². The van der Waals surface area contributed by atoms with Crippen molar-refractivity contribution < 1.29 is 14.3 Å². The SMILES string of the molecule is COC(=O)c1ccc(C)c(N[C@H](C)C(=O)NC(C)C)c1. The molecule has 0 saturated heterocycles. The van der Waals surface area contributed by atoms with Gasteiger partial charge in [-0.15, -0.1) is 0 Å². The van der Waals surface area contributed by atoms with Gasteiger partial charge in [-0.2, -0.15) is 0 Å². The first kappa shape index (κ1) is 16.0. The van der Waals surface area contributed by atoms with Crippen LogP contribution in [0, 0.1) is 6.92 Å². The largest absolute Gasteiger partial charge is 0.465 e. The van der Waals surface area contributed by atoms with E-state index >= 15 is 0 Å². The summed E-state index contributed by atoms with van der Waals surface area (Å²) in [5.41, 5.74) is 2.17. The predicted octanol–water partition coefficient (Wildman–Crippen LogP) is 2.11. The van der Waals surface area contributed by atoms with Crippen LogP contribution < -0.4 is 10.6 Å². The minimum atomic E-state index is -0.396. The number of aryl methyl sites for hydroxylation is 1. The lowest BCUT2D eigenvalue weighted by Gasteiger charge is -2.18. The maximum Gasteiger partial charge on any atom is 0.337 e. The number of anilines is 1. The van der Waals surface area contributed by atoms with Crippen molar-refractivity contribution in [2.24, 2.45) is 0 Å². The zero-order valence-corrected chi connectivity index (χ0v) is 12.6. The van der Waals surface area contributed by atoms with Gasteiger partial charge in [-0.3, -0.25) is 4.79 Å². The smallest absolute Gasteiger partial charge is 0.337 e. The number of carbonyl (C=O) groups is 2. The summed E-state index contributed by atoms with van der Waals surface area (Å²) >= 11 is 0. The molecule has 0 heterocycles. The van der Waals surface area contributed by atoms with Crippen molar-refractivity contribution in [3.63, 3.8) is 0 Å². The van der Waals surface area contributed by atoms with Crippen molar-refractivity contribution >= 4 is 17.6 Å². The molecule has 20 heavy (non-hydrogen) atoms. The molecule has 0 bridgehead atoms. The Balaban J connectivity index is 2.86. The fraction of sp³-hybridized carbons (Fsp3) is 0.467. The molecule has 1 atom stereocenters. The topological polar surface area (TPSA) is 67.4 Å². The third-order valence-corrected chi connectivity index (χ3v) is 2.85. The average Bonchev–Trinajstić information content (AvgIpc) is 2.39. The first-order chi connectivity index (χ1) is 9.35.